The molecule has 0 spiro atoms. The number of hydroxylamine groups is 1. The summed E-state index contributed by atoms with van der Waals surface area (Å²) in [6.45, 7) is 7.76. The predicted molar refractivity (Wildman–Crippen MR) is 52.6 cm³/mol. The zero-order valence-electron chi connectivity index (χ0n) is 7.22. The normalized spacial score (nSPS) is 11.2. The molecule has 0 saturated heterocycles. The van der Waals surface area contributed by atoms with Crippen LogP contribution >= 0.6 is 11.6 Å². The number of allylic oxidation sites excluding steroid dienone is 2. The molecule has 0 rings (SSSR count). The van der Waals surface area contributed by atoms with Crippen LogP contribution < -0.4 is 5.48 Å². The van der Waals surface area contributed by atoms with Crippen molar-refractivity contribution in [3.63, 3.8) is 0 Å². The van der Waals surface area contributed by atoms with Crippen LogP contribution in [0, 0.1) is 0 Å². The minimum Gasteiger partial charge on any atom is -0.317 e. The zero-order valence-corrected chi connectivity index (χ0v) is 7.98. The molecule has 0 aromatic heterocycles. The summed E-state index contributed by atoms with van der Waals surface area (Å²) in [5.74, 6) is 0. The van der Waals surface area contributed by atoms with E-state index in [0.717, 1.165) is 12.8 Å². The summed E-state index contributed by atoms with van der Waals surface area (Å²) in [7, 11) is 0. The van der Waals surface area contributed by atoms with Crippen molar-refractivity contribution < 1.29 is 5.21 Å². The van der Waals surface area contributed by atoms with E-state index in [1.807, 2.05) is 0 Å². The van der Waals surface area contributed by atoms with Crippen molar-refractivity contribution in [3.05, 3.63) is 25.3 Å². The van der Waals surface area contributed by atoms with Crippen molar-refractivity contribution in [3.8, 4) is 0 Å². The number of halogens is 1. The first-order valence-corrected chi connectivity index (χ1v) is 4.34. The van der Waals surface area contributed by atoms with Gasteiger partial charge in [0.25, 0.3) is 0 Å². The minimum absolute atomic E-state index is 0.334. The zero-order chi connectivity index (χ0) is 9.45. The topological polar surface area (TPSA) is 32.3 Å². The molecule has 70 valence electrons. The molecule has 0 aliphatic heterocycles. The van der Waals surface area contributed by atoms with Gasteiger partial charge < -0.3 is 5.21 Å². The second-order valence-electron chi connectivity index (χ2n) is 2.79. The molecule has 0 atom stereocenters. The molecule has 12 heavy (non-hydrogen) atoms. The van der Waals surface area contributed by atoms with Gasteiger partial charge in [-0.25, -0.2) is 5.48 Å². The van der Waals surface area contributed by atoms with Crippen molar-refractivity contribution in [2.24, 2.45) is 0 Å². The van der Waals surface area contributed by atoms with E-state index in [9.17, 15) is 0 Å². The average molecular weight is 190 g/mol. The Morgan fingerprint density at radius 3 is 2.17 bits per heavy atom. The second-order valence-corrected chi connectivity index (χ2v) is 3.60. The molecule has 2 nitrogen and oxygen atoms in total. The monoisotopic (exact) mass is 189 g/mol. The van der Waals surface area contributed by atoms with E-state index >= 15 is 0 Å². The molecule has 0 saturated carbocycles. The van der Waals surface area contributed by atoms with Gasteiger partial charge in [0.2, 0.25) is 0 Å². The summed E-state index contributed by atoms with van der Waals surface area (Å²) in [6, 6.07) is 0. The molecule has 0 bridgehead atoms. The summed E-state index contributed by atoms with van der Waals surface area (Å²) in [6.07, 6.45) is 5.72. The Balaban J connectivity index is 3.96. The Morgan fingerprint density at radius 1 is 1.33 bits per heavy atom. The van der Waals surface area contributed by atoms with E-state index in [2.05, 4.69) is 18.6 Å². The molecule has 0 aromatic rings. The van der Waals surface area contributed by atoms with E-state index in [1.165, 1.54) is 0 Å². The van der Waals surface area contributed by atoms with Crippen LogP contribution in [-0.2, 0) is 0 Å². The molecule has 2 N–H and O–H groups in total. The fourth-order valence-electron chi connectivity index (χ4n) is 1.08. The SMILES string of the molecule is C=CCC(Cl)(CC=C)CCNO. The molecule has 0 unspecified atom stereocenters. The van der Waals surface area contributed by atoms with Crippen LogP contribution in [-0.4, -0.2) is 16.6 Å². The summed E-state index contributed by atoms with van der Waals surface area (Å²) >= 11 is 6.22. The van der Waals surface area contributed by atoms with Gasteiger partial charge in [-0.15, -0.1) is 24.8 Å². The van der Waals surface area contributed by atoms with Crippen LogP contribution in [0.3, 0.4) is 0 Å². The summed E-state index contributed by atoms with van der Waals surface area (Å²) < 4.78 is 0. The number of nitrogens with one attached hydrogen (secondary N) is 1. The highest BCUT2D eigenvalue weighted by Gasteiger charge is 2.23. The molecule has 0 fully saturated rings. The van der Waals surface area contributed by atoms with Crippen molar-refractivity contribution in [2.75, 3.05) is 6.54 Å². The Kier molecular flexibility index (Phi) is 6.07. The van der Waals surface area contributed by atoms with Crippen LogP contribution in [0.2, 0.25) is 0 Å². The van der Waals surface area contributed by atoms with Gasteiger partial charge in [0.15, 0.2) is 0 Å². The van der Waals surface area contributed by atoms with Gasteiger partial charge >= 0.3 is 0 Å². The molecule has 0 heterocycles. The lowest BCUT2D eigenvalue weighted by Gasteiger charge is -2.23. The minimum atomic E-state index is -0.334. The maximum absolute atomic E-state index is 8.41. The third-order valence-corrected chi connectivity index (χ3v) is 2.20. The maximum atomic E-state index is 8.41. The molecule has 3 heteroatoms. The Hall–Kier alpha value is -0.310. The highest BCUT2D eigenvalue weighted by molar-refractivity contribution is 6.24. The number of hydrogen-bond acceptors (Lipinski definition) is 2. The molecule has 0 aliphatic carbocycles. The molecule has 0 amide bonds. The maximum Gasteiger partial charge on any atom is 0.0528 e. The molecule has 0 aromatic carbocycles. The predicted octanol–water partition coefficient (Wildman–Crippen LogP) is 2.49. The van der Waals surface area contributed by atoms with E-state index in [4.69, 9.17) is 16.8 Å². The quantitative estimate of drug-likeness (QED) is 0.367. The van der Waals surface area contributed by atoms with Gasteiger partial charge in [0, 0.05) is 6.54 Å². The largest absolute Gasteiger partial charge is 0.317 e. The highest BCUT2D eigenvalue weighted by Crippen LogP contribution is 2.28. The Bertz CT molecular complexity index is 137. The van der Waals surface area contributed by atoms with Gasteiger partial charge in [-0.05, 0) is 19.3 Å². The van der Waals surface area contributed by atoms with Gasteiger partial charge in [-0.3, -0.25) is 0 Å². The van der Waals surface area contributed by atoms with E-state index in [-0.39, 0.29) is 4.87 Å². The van der Waals surface area contributed by atoms with Crippen LogP contribution in [0.1, 0.15) is 19.3 Å². The Morgan fingerprint density at radius 2 is 1.83 bits per heavy atom. The second kappa shape index (κ2) is 6.23. The third kappa shape index (κ3) is 4.54. The smallest absolute Gasteiger partial charge is 0.0528 e. The van der Waals surface area contributed by atoms with Gasteiger partial charge in [0.05, 0.1) is 4.87 Å². The average Bonchev–Trinajstić information content (AvgIpc) is 2.02. The molecular formula is C9H16ClNO. The molecular weight excluding hydrogens is 174 g/mol. The van der Waals surface area contributed by atoms with Crippen molar-refractivity contribution in [2.45, 2.75) is 24.1 Å². The molecule has 0 radical (unpaired) electrons. The van der Waals surface area contributed by atoms with E-state index in [0.29, 0.717) is 13.0 Å². The molecule has 0 aliphatic rings. The van der Waals surface area contributed by atoms with Crippen LogP contribution in [0.25, 0.3) is 0 Å². The third-order valence-electron chi connectivity index (χ3n) is 1.71. The fraction of sp³-hybridized carbons (Fsp3) is 0.556. The van der Waals surface area contributed by atoms with Crippen molar-refractivity contribution >= 4 is 11.6 Å². The summed E-state index contributed by atoms with van der Waals surface area (Å²) in [4.78, 5) is -0.334. The van der Waals surface area contributed by atoms with Crippen LogP contribution in [0.4, 0.5) is 0 Å². The lowest BCUT2D eigenvalue weighted by atomic mass is 9.96. The summed E-state index contributed by atoms with van der Waals surface area (Å²) in [5, 5.41) is 8.41. The first-order valence-electron chi connectivity index (χ1n) is 3.96. The first-order chi connectivity index (χ1) is 5.68. The van der Waals surface area contributed by atoms with Gasteiger partial charge in [-0.1, -0.05) is 12.2 Å². The highest BCUT2D eigenvalue weighted by atomic mass is 35.5. The van der Waals surface area contributed by atoms with E-state index < -0.39 is 0 Å². The number of hydrogen-bond donors (Lipinski definition) is 2. The number of alkyl halides is 1. The summed E-state index contributed by atoms with van der Waals surface area (Å²) in [5.41, 5.74) is 2.09. The Labute approximate surface area is 78.9 Å². The van der Waals surface area contributed by atoms with Crippen molar-refractivity contribution in [1.29, 1.82) is 0 Å². The standard InChI is InChI=1S/C9H16ClNO/c1-3-5-9(10,6-4-2)7-8-11-12/h3-4,11-12H,1-2,5-8H2. The van der Waals surface area contributed by atoms with E-state index in [1.54, 1.807) is 12.2 Å². The first kappa shape index (κ1) is 11.7. The van der Waals surface area contributed by atoms with Crippen LogP contribution in [0.15, 0.2) is 25.3 Å². The van der Waals surface area contributed by atoms with Gasteiger partial charge in [0.1, 0.15) is 0 Å². The van der Waals surface area contributed by atoms with Gasteiger partial charge in [-0.2, -0.15) is 0 Å². The van der Waals surface area contributed by atoms with Crippen molar-refractivity contribution in [1.82, 2.24) is 5.48 Å². The number of rotatable bonds is 7. The fourth-order valence-corrected chi connectivity index (χ4v) is 1.40. The lowest BCUT2D eigenvalue weighted by molar-refractivity contribution is 0.161. The van der Waals surface area contributed by atoms with Crippen LogP contribution in [0.5, 0.6) is 0 Å². The lowest BCUT2D eigenvalue weighted by Crippen LogP contribution is -2.25.